The first-order chi connectivity index (χ1) is 16.5. The molecule has 36 heavy (non-hydrogen) atoms. The van der Waals surface area contributed by atoms with Gasteiger partial charge in [-0.2, -0.15) is 9.97 Å². The molecule has 1 aromatic carbocycles. The van der Waals surface area contributed by atoms with Crippen LogP contribution in [0.15, 0.2) is 6.07 Å². The SMILES string of the molecule is CC(C)(C)OC(=O)Nc1nc(N)c2c(n1)c(CC(=O)O)cc1c(N)nc(NC(=O)OC(C)(C)C)nc12. The predicted octanol–water partition coefficient (Wildman–Crippen LogP) is 3.06. The molecule has 3 aromatic rings. The number of nitrogen functional groups attached to an aromatic ring is 2. The molecule has 0 radical (unpaired) electrons. The maximum Gasteiger partial charge on any atom is 0.414 e. The van der Waals surface area contributed by atoms with Gasteiger partial charge in [0.15, 0.2) is 0 Å². The number of anilines is 4. The Labute approximate surface area is 205 Å². The van der Waals surface area contributed by atoms with Gasteiger partial charge in [0.1, 0.15) is 22.8 Å². The van der Waals surface area contributed by atoms with Crippen molar-refractivity contribution in [2.45, 2.75) is 59.2 Å². The van der Waals surface area contributed by atoms with Crippen molar-refractivity contribution in [3.05, 3.63) is 11.6 Å². The maximum absolute atomic E-state index is 12.2. The topological polar surface area (TPSA) is 218 Å². The molecule has 0 saturated carbocycles. The Morgan fingerprint density at radius 3 is 1.78 bits per heavy atom. The molecule has 14 nitrogen and oxygen atoms in total. The van der Waals surface area contributed by atoms with Crippen molar-refractivity contribution in [2.75, 3.05) is 22.1 Å². The molecular formula is C22H28N8O6. The Kier molecular flexibility index (Phi) is 6.73. The molecule has 0 aliphatic rings. The molecule has 2 heterocycles. The van der Waals surface area contributed by atoms with Gasteiger partial charge in [0.25, 0.3) is 0 Å². The third kappa shape index (κ3) is 6.34. The zero-order chi connectivity index (χ0) is 27.0. The highest BCUT2D eigenvalue weighted by Crippen LogP contribution is 2.34. The van der Waals surface area contributed by atoms with Gasteiger partial charge in [0.05, 0.1) is 22.8 Å². The lowest BCUT2D eigenvalue weighted by Gasteiger charge is -2.20. The van der Waals surface area contributed by atoms with E-state index in [0.29, 0.717) is 0 Å². The average Bonchev–Trinajstić information content (AvgIpc) is 2.65. The summed E-state index contributed by atoms with van der Waals surface area (Å²) in [6, 6.07) is 1.46. The standard InChI is InChI=1S/C22H28N8O6/c1-21(2,3)35-19(33)29-17-25-13-9(8-11(31)32)7-10-14(12(13)16(24)28-17)26-18(27-15(10)23)30-20(34)36-22(4,5)6/h7H,8H2,1-6H3,(H,31,32)(H3,23,26,27,30,34)(H3,24,25,28,29,33). The van der Waals surface area contributed by atoms with E-state index in [4.69, 9.17) is 20.9 Å². The van der Waals surface area contributed by atoms with Gasteiger partial charge in [0.2, 0.25) is 11.9 Å². The number of aromatic nitrogens is 4. The summed E-state index contributed by atoms with van der Waals surface area (Å²) in [5.41, 5.74) is 11.3. The summed E-state index contributed by atoms with van der Waals surface area (Å²) in [6.07, 6.45) is -2.06. The summed E-state index contributed by atoms with van der Waals surface area (Å²) < 4.78 is 10.4. The van der Waals surface area contributed by atoms with E-state index in [-0.39, 0.29) is 50.9 Å². The van der Waals surface area contributed by atoms with Crippen LogP contribution in [0.25, 0.3) is 21.8 Å². The van der Waals surface area contributed by atoms with Crippen LogP contribution in [-0.4, -0.2) is 54.4 Å². The van der Waals surface area contributed by atoms with E-state index in [1.54, 1.807) is 41.5 Å². The fourth-order valence-electron chi connectivity index (χ4n) is 3.21. The summed E-state index contributed by atoms with van der Waals surface area (Å²) in [7, 11) is 0. The molecule has 0 aliphatic heterocycles. The number of hydrogen-bond acceptors (Lipinski definition) is 11. The van der Waals surface area contributed by atoms with Gasteiger partial charge in [-0.1, -0.05) is 0 Å². The van der Waals surface area contributed by atoms with Crippen molar-refractivity contribution >= 4 is 63.5 Å². The molecule has 0 spiro atoms. The van der Waals surface area contributed by atoms with Gasteiger partial charge < -0.3 is 26.0 Å². The number of nitrogens with zero attached hydrogens (tertiary/aromatic N) is 4. The monoisotopic (exact) mass is 500 g/mol. The minimum absolute atomic E-state index is 0.0463. The van der Waals surface area contributed by atoms with E-state index < -0.39 is 35.8 Å². The molecule has 2 amide bonds. The van der Waals surface area contributed by atoms with Crippen LogP contribution in [0, 0.1) is 0 Å². The van der Waals surface area contributed by atoms with Gasteiger partial charge in [-0.05, 0) is 53.2 Å². The summed E-state index contributed by atoms with van der Waals surface area (Å²) in [4.78, 5) is 52.8. The number of aliphatic carboxylic acids is 1. The fourth-order valence-corrected chi connectivity index (χ4v) is 3.21. The van der Waals surface area contributed by atoms with E-state index in [1.165, 1.54) is 6.07 Å². The Morgan fingerprint density at radius 2 is 1.31 bits per heavy atom. The molecule has 0 atom stereocenters. The fraction of sp³-hybridized carbons (Fsp3) is 0.409. The van der Waals surface area contributed by atoms with Crippen LogP contribution >= 0.6 is 0 Å². The van der Waals surface area contributed by atoms with Crippen molar-refractivity contribution < 1.29 is 29.0 Å². The second kappa shape index (κ2) is 9.28. The van der Waals surface area contributed by atoms with Gasteiger partial charge in [-0.15, -0.1) is 0 Å². The Bertz CT molecular complexity index is 1380. The number of carboxylic acids is 1. The largest absolute Gasteiger partial charge is 0.481 e. The van der Waals surface area contributed by atoms with Crippen molar-refractivity contribution in [3.8, 4) is 0 Å². The van der Waals surface area contributed by atoms with E-state index in [9.17, 15) is 19.5 Å². The second-order valence-electron chi connectivity index (χ2n) is 9.84. The Morgan fingerprint density at radius 1 is 0.833 bits per heavy atom. The van der Waals surface area contributed by atoms with Crippen molar-refractivity contribution in [1.29, 1.82) is 0 Å². The van der Waals surface area contributed by atoms with Gasteiger partial charge in [-0.25, -0.2) is 19.6 Å². The molecule has 3 rings (SSSR count). The molecule has 192 valence electrons. The lowest BCUT2D eigenvalue weighted by molar-refractivity contribution is -0.136. The molecule has 0 aliphatic carbocycles. The number of hydrogen-bond donors (Lipinski definition) is 5. The Hall–Kier alpha value is -4.49. The minimum atomic E-state index is -1.14. The number of rotatable bonds is 4. The van der Waals surface area contributed by atoms with E-state index in [1.807, 2.05) is 0 Å². The highest BCUT2D eigenvalue weighted by molar-refractivity contribution is 6.14. The number of carboxylic acid groups (broad SMARTS) is 1. The van der Waals surface area contributed by atoms with Gasteiger partial charge >= 0.3 is 18.2 Å². The van der Waals surface area contributed by atoms with E-state index >= 15 is 0 Å². The molecule has 0 unspecified atom stereocenters. The smallest absolute Gasteiger partial charge is 0.414 e. The number of fused-ring (bicyclic) bond motifs is 3. The third-order valence-electron chi connectivity index (χ3n) is 4.34. The highest BCUT2D eigenvalue weighted by Gasteiger charge is 2.23. The van der Waals surface area contributed by atoms with Crippen molar-refractivity contribution in [1.82, 2.24) is 19.9 Å². The lowest BCUT2D eigenvalue weighted by Crippen LogP contribution is -2.28. The third-order valence-corrected chi connectivity index (χ3v) is 4.34. The highest BCUT2D eigenvalue weighted by atomic mass is 16.6. The number of carbonyl (C=O) groups excluding carboxylic acids is 2. The molecular weight excluding hydrogens is 472 g/mol. The zero-order valence-electron chi connectivity index (χ0n) is 20.7. The minimum Gasteiger partial charge on any atom is -0.481 e. The van der Waals surface area contributed by atoms with Crippen LogP contribution < -0.4 is 22.1 Å². The van der Waals surface area contributed by atoms with Crippen LogP contribution in [0.5, 0.6) is 0 Å². The van der Waals surface area contributed by atoms with Crippen LogP contribution in [0.1, 0.15) is 47.1 Å². The molecule has 0 fully saturated rings. The average molecular weight is 501 g/mol. The number of amides is 2. The summed E-state index contributed by atoms with van der Waals surface area (Å²) in [6.45, 7) is 10.1. The van der Waals surface area contributed by atoms with E-state index in [2.05, 4.69) is 30.6 Å². The molecule has 2 aromatic heterocycles. The summed E-state index contributed by atoms with van der Waals surface area (Å²) >= 11 is 0. The lowest BCUT2D eigenvalue weighted by atomic mass is 10.0. The number of carbonyl (C=O) groups is 3. The first kappa shape index (κ1) is 26.1. The predicted molar refractivity (Wildman–Crippen MR) is 133 cm³/mol. The maximum atomic E-state index is 12.2. The molecule has 0 saturated heterocycles. The first-order valence-electron chi connectivity index (χ1n) is 10.8. The Balaban J connectivity index is 2.18. The number of nitrogens with two attached hydrogens (primary N) is 2. The number of benzene rings is 1. The molecule has 7 N–H and O–H groups in total. The molecule has 0 bridgehead atoms. The quantitative estimate of drug-likeness (QED) is 0.326. The zero-order valence-corrected chi connectivity index (χ0v) is 20.7. The van der Waals surface area contributed by atoms with Crippen LogP contribution in [-0.2, 0) is 20.7 Å². The first-order valence-corrected chi connectivity index (χ1v) is 10.8. The summed E-state index contributed by atoms with van der Waals surface area (Å²) in [5.74, 6) is -1.68. The van der Waals surface area contributed by atoms with Crippen molar-refractivity contribution in [2.24, 2.45) is 0 Å². The van der Waals surface area contributed by atoms with Crippen LogP contribution in [0.3, 0.4) is 0 Å². The normalized spacial score (nSPS) is 11.8. The van der Waals surface area contributed by atoms with Gasteiger partial charge in [-0.3, -0.25) is 15.4 Å². The van der Waals surface area contributed by atoms with Gasteiger partial charge in [0, 0.05) is 5.39 Å². The number of nitrogens with one attached hydrogen (secondary N) is 2. The summed E-state index contributed by atoms with van der Waals surface area (Å²) in [5, 5.41) is 14.7. The number of ether oxygens (including phenoxy) is 2. The van der Waals surface area contributed by atoms with Crippen LogP contribution in [0.4, 0.5) is 33.1 Å². The van der Waals surface area contributed by atoms with Crippen LogP contribution in [0.2, 0.25) is 0 Å². The van der Waals surface area contributed by atoms with E-state index in [0.717, 1.165) is 0 Å². The van der Waals surface area contributed by atoms with Crippen molar-refractivity contribution in [3.63, 3.8) is 0 Å². The second-order valence-corrected chi connectivity index (χ2v) is 9.84. The molecule has 14 heteroatoms.